The van der Waals surface area contributed by atoms with Gasteiger partial charge in [-0.3, -0.25) is 4.79 Å². The lowest BCUT2D eigenvalue weighted by Gasteiger charge is -2.22. The molecule has 5 heteroatoms. The molecule has 1 saturated heterocycles. The summed E-state index contributed by atoms with van der Waals surface area (Å²) in [4.78, 5) is 19.6. The van der Waals surface area contributed by atoms with Crippen LogP contribution < -0.4 is 0 Å². The van der Waals surface area contributed by atoms with E-state index in [-0.39, 0.29) is 11.9 Å². The molecule has 0 radical (unpaired) electrons. The molecule has 4 rings (SSSR count). The molecule has 3 aromatic rings. The lowest BCUT2D eigenvalue weighted by molar-refractivity contribution is 0.0734. The molecule has 1 amide bonds. The molecule has 1 aliphatic heterocycles. The van der Waals surface area contributed by atoms with Crippen molar-refractivity contribution in [3.05, 3.63) is 52.4 Å². The maximum Gasteiger partial charge on any atom is 0.257 e. The van der Waals surface area contributed by atoms with Crippen LogP contribution in [0, 0.1) is 13.8 Å². The van der Waals surface area contributed by atoms with Crippen LogP contribution in [0.4, 0.5) is 0 Å². The number of benzene rings is 1. The SMILES string of the molecule is Cc1cc(C(=O)N2CCCC2c2nc3ccccc3s2)c(C)o1. The van der Waals surface area contributed by atoms with Gasteiger partial charge in [0.1, 0.15) is 16.5 Å². The first kappa shape index (κ1) is 14.5. The van der Waals surface area contributed by atoms with E-state index in [0.717, 1.165) is 35.7 Å². The van der Waals surface area contributed by atoms with Gasteiger partial charge >= 0.3 is 0 Å². The van der Waals surface area contributed by atoms with Gasteiger partial charge in [0.2, 0.25) is 0 Å². The number of hydrogen-bond acceptors (Lipinski definition) is 4. The molecule has 23 heavy (non-hydrogen) atoms. The zero-order valence-electron chi connectivity index (χ0n) is 13.2. The highest BCUT2D eigenvalue weighted by molar-refractivity contribution is 7.18. The highest BCUT2D eigenvalue weighted by Gasteiger charge is 2.34. The second kappa shape index (κ2) is 5.49. The molecule has 0 aliphatic carbocycles. The summed E-state index contributed by atoms with van der Waals surface area (Å²) in [5, 5.41) is 1.04. The number of likely N-dealkylation sites (tertiary alicyclic amines) is 1. The maximum atomic E-state index is 12.9. The quantitative estimate of drug-likeness (QED) is 0.697. The fourth-order valence-corrected chi connectivity index (χ4v) is 4.41. The number of carbonyl (C=O) groups is 1. The number of aromatic nitrogens is 1. The zero-order chi connectivity index (χ0) is 16.0. The van der Waals surface area contributed by atoms with Crippen molar-refractivity contribution in [3.8, 4) is 0 Å². The molecule has 0 N–H and O–H groups in total. The molecule has 118 valence electrons. The number of fused-ring (bicyclic) bond motifs is 1. The van der Waals surface area contributed by atoms with Crippen molar-refractivity contribution in [2.75, 3.05) is 6.54 Å². The Morgan fingerprint density at radius 1 is 1.35 bits per heavy atom. The number of rotatable bonds is 2. The van der Waals surface area contributed by atoms with Crippen molar-refractivity contribution in [1.82, 2.24) is 9.88 Å². The Bertz CT molecular complexity index is 847. The normalized spacial score (nSPS) is 18.0. The summed E-state index contributed by atoms with van der Waals surface area (Å²) in [5.41, 5.74) is 1.69. The van der Waals surface area contributed by atoms with Crippen LogP contribution in [-0.2, 0) is 0 Å². The first-order valence-electron chi connectivity index (χ1n) is 7.87. The Morgan fingerprint density at radius 2 is 2.17 bits per heavy atom. The second-order valence-corrected chi connectivity index (χ2v) is 7.07. The van der Waals surface area contributed by atoms with Crippen molar-refractivity contribution in [2.45, 2.75) is 32.7 Å². The minimum absolute atomic E-state index is 0.0566. The van der Waals surface area contributed by atoms with Gasteiger partial charge < -0.3 is 9.32 Å². The maximum absolute atomic E-state index is 12.9. The van der Waals surface area contributed by atoms with Gasteiger partial charge in [-0.2, -0.15) is 0 Å². The number of nitrogens with zero attached hydrogens (tertiary/aromatic N) is 2. The highest BCUT2D eigenvalue weighted by Crippen LogP contribution is 2.37. The summed E-state index contributed by atoms with van der Waals surface area (Å²) < 4.78 is 6.70. The highest BCUT2D eigenvalue weighted by atomic mass is 32.1. The van der Waals surface area contributed by atoms with Crippen LogP contribution in [-0.4, -0.2) is 22.3 Å². The summed E-state index contributed by atoms with van der Waals surface area (Å²) in [7, 11) is 0. The largest absolute Gasteiger partial charge is 0.466 e. The van der Waals surface area contributed by atoms with E-state index in [9.17, 15) is 4.79 Å². The van der Waals surface area contributed by atoms with Crippen molar-refractivity contribution in [2.24, 2.45) is 0 Å². The Labute approximate surface area is 138 Å². The van der Waals surface area contributed by atoms with E-state index < -0.39 is 0 Å². The minimum atomic E-state index is 0.0566. The number of hydrogen-bond donors (Lipinski definition) is 0. The van der Waals surface area contributed by atoms with Crippen molar-refractivity contribution < 1.29 is 9.21 Å². The fourth-order valence-electron chi connectivity index (χ4n) is 3.30. The first-order valence-corrected chi connectivity index (χ1v) is 8.68. The third-order valence-corrected chi connectivity index (χ3v) is 5.52. The fraction of sp³-hybridized carbons (Fsp3) is 0.333. The van der Waals surface area contributed by atoms with E-state index in [1.807, 2.05) is 43.0 Å². The van der Waals surface area contributed by atoms with E-state index in [1.54, 1.807) is 11.3 Å². The summed E-state index contributed by atoms with van der Waals surface area (Å²) >= 11 is 1.69. The average Bonchev–Trinajstić information content (AvgIpc) is 3.23. The van der Waals surface area contributed by atoms with E-state index in [4.69, 9.17) is 9.40 Å². The van der Waals surface area contributed by atoms with Gasteiger partial charge in [0.05, 0.1) is 21.8 Å². The second-order valence-electron chi connectivity index (χ2n) is 6.00. The molecule has 1 fully saturated rings. The van der Waals surface area contributed by atoms with Crippen LogP contribution in [0.15, 0.2) is 34.7 Å². The molecule has 3 heterocycles. The van der Waals surface area contributed by atoms with E-state index in [0.29, 0.717) is 11.3 Å². The summed E-state index contributed by atoms with van der Waals surface area (Å²) in [6.07, 6.45) is 1.99. The summed E-state index contributed by atoms with van der Waals surface area (Å²) in [6, 6.07) is 10.1. The van der Waals surface area contributed by atoms with Gasteiger partial charge in [-0.1, -0.05) is 12.1 Å². The predicted molar refractivity (Wildman–Crippen MR) is 90.8 cm³/mol. The Morgan fingerprint density at radius 3 is 2.91 bits per heavy atom. The molecule has 0 saturated carbocycles. The van der Waals surface area contributed by atoms with Crippen molar-refractivity contribution >= 4 is 27.5 Å². The van der Waals surface area contributed by atoms with Crippen LogP contribution in [0.5, 0.6) is 0 Å². The molecule has 0 spiro atoms. The van der Waals surface area contributed by atoms with E-state index in [1.165, 1.54) is 4.70 Å². The number of amides is 1. The van der Waals surface area contributed by atoms with E-state index >= 15 is 0 Å². The van der Waals surface area contributed by atoms with Gasteiger partial charge in [-0.05, 0) is 44.9 Å². The first-order chi connectivity index (χ1) is 11.1. The number of aryl methyl sites for hydroxylation is 2. The van der Waals surface area contributed by atoms with Crippen LogP contribution in [0.2, 0.25) is 0 Å². The topological polar surface area (TPSA) is 46.3 Å². The van der Waals surface area contributed by atoms with Crippen LogP contribution in [0.3, 0.4) is 0 Å². The third kappa shape index (κ3) is 2.45. The monoisotopic (exact) mass is 326 g/mol. The zero-order valence-corrected chi connectivity index (χ0v) is 14.0. The van der Waals surface area contributed by atoms with Crippen LogP contribution >= 0.6 is 11.3 Å². The summed E-state index contributed by atoms with van der Waals surface area (Å²) in [6.45, 7) is 4.50. The predicted octanol–water partition coefficient (Wildman–Crippen LogP) is 4.48. The molecule has 2 aromatic heterocycles. The van der Waals surface area contributed by atoms with Crippen LogP contribution in [0.1, 0.15) is 45.8 Å². The van der Waals surface area contributed by atoms with Gasteiger partial charge in [0, 0.05) is 6.54 Å². The smallest absolute Gasteiger partial charge is 0.257 e. The Balaban J connectivity index is 1.68. The van der Waals surface area contributed by atoms with Crippen molar-refractivity contribution in [1.29, 1.82) is 0 Å². The van der Waals surface area contributed by atoms with Gasteiger partial charge in [-0.25, -0.2) is 4.98 Å². The Kier molecular flexibility index (Phi) is 3.45. The molecule has 4 nitrogen and oxygen atoms in total. The molecule has 1 aromatic carbocycles. The molecule has 1 unspecified atom stereocenters. The molecule has 0 bridgehead atoms. The van der Waals surface area contributed by atoms with Gasteiger partial charge in [-0.15, -0.1) is 11.3 Å². The third-order valence-electron chi connectivity index (χ3n) is 4.38. The summed E-state index contributed by atoms with van der Waals surface area (Å²) in [5.74, 6) is 1.53. The average molecular weight is 326 g/mol. The molecule has 1 atom stereocenters. The standard InChI is InChI=1S/C18H18N2O2S/c1-11-10-13(12(2)22-11)18(21)20-9-5-7-15(20)17-19-14-6-3-4-8-16(14)23-17/h3-4,6,8,10,15H,5,7,9H2,1-2H3. The number of para-hydroxylation sites is 1. The lowest BCUT2D eigenvalue weighted by atomic mass is 10.2. The minimum Gasteiger partial charge on any atom is -0.466 e. The molecular weight excluding hydrogens is 308 g/mol. The van der Waals surface area contributed by atoms with Crippen LogP contribution in [0.25, 0.3) is 10.2 Å². The van der Waals surface area contributed by atoms with Gasteiger partial charge in [0.25, 0.3) is 5.91 Å². The number of thiazole rings is 1. The molecule has 1 aliphatic rings. The van der Waals surface area contributed by atoms with Crippen molar-refractivity contribution in [3.63, 3.8) is 0 Å². The lowest BCUT2D eigenvalue weighted by Crippen LogP contribution is -2.30. The Hall–Kier alpha value is -2.14. The molecular formula is C18H18N2O2S. The number of furan rings is 1. The van der Waals surface area contributed by atoms with Gasteiger partial charge in [0.15, 0.2) is 0 Å². The van der Waals surface area contributed by atoms with E-state index in [2.05, 4.69) is 6.07 Å². The number of carbonyl (C=O) groups excluding carboxylic acids is 1.